The molecular formula is C32H46ClN3O6. The van der Waals surface area contributed by atoms with E-state index in [9.17, 15) is 24.0 Å². The molecule has 1 unspecified atom stereocenters. The van der Waals surface area contributed by atoms with Crippen molar-refractivity contribution in [2.45, 2.75) is 105 Å². The van der Waals surface area contributed by atoms with Gasteiger partial charge in [0.25, 0.3) is 5.91 Å². The molecule has 2 N–H and O–H groups in total. The van der Waals surface area contributed by atoms with Crippen LogP contribution in [0.1, 0.15) is 92.9 Å². The second kappa shape index (κ2) is 13.7. The summed E-state index contributed by atoms with van der Waals surface area (Å²) >= 11 is 5.96. The summed E-state index contributed by atoms with van der Waals surface area (Å²) in [6.07, 6.45) is 4.70. The van der Waals surface area contributed by atoms with Crippen LogP contribution in [0.15, 0.2) is 18.3 Å². The number of ether oxygens (including phenoxy) is 1. The first kappa shape index (κ1) is 33.7. The fourth-order valence-corrected chi connectivity index (χ4v) is 6.00. The van der Waals surface area contributed by atoms with Gasteiger partial charge in [-0.15, -0.1) is 0 Å². The highest BCUT2D eigenvalue weighted by Crippen LogP contribution is 2.37. The molecule has 0 bridgehead atoms. The molecular weight excluding hydrogens is 558 g/mol. The minimum atomic E-state index is -1.05. The van der Waals surface area contributed by atoms with Crippen LogP contribution < -0.4 is 10.5 Å². The van der Waals surface area contributed by atoms with Crippen LogP contribution in [-0.2, 0) is 24.0 Å². The van der Waals surface area contributed by atoms with Crippen molar-refractivity contribution in [1.29, 1.82) is 0 Å². The minimum Gasteiger partial charge on any atom is -0.472 e. The van der Waals surface area contributed by atoms with Crippen molar-refractivity contribution in [1.82, 2.24) is 9.88 Å². The van der Waals surface area contributed by atoms with Crippen LogP contribution in [0.4, 0.5) is 0 Å². The van der Waals surface area contributed by atoms with Gasteiger partial charge >= 0.3 is 0 Å². The molecule has 2 amide bonds. The van der Waals surface area contributed by atoms with Crippen molar-refractivity contribution in [3.05, 3.63) is 23.4 Å². The molecule has 1 aliphatic heterocycles. The van der Waals surface area contributed by atoms with Crippen LogP contribution in [0, 0.1) is 28.6 Å². The molecule has 0 spiro atoms. The zero-order valence-corrected chi connectivity index (χ0v) is 26.5. The standard InChI is InChI=1S/C32H46ClN3O6/c1-31(2,3)16-22(37)14-24(32(4,5)6)30(41)36-18-23(42-27-11-10-21(33)17-35-27)15-25(36)26(38)13-20(28(39)29(34)40)12-19-8-7-9-19/h10-11,17,19-20,23-25H,7-9,12-16,18H2,1-6H3,(H2,34,40)/t20?,23-,24-,25+/m1/s1. The Balaban J connectivity index is 1.88. The lowest BCUT2D eigenvalue weighted by atomic mass is 9.75. The number of ketones is 3. The summed E-state index contributed by atoms with van der Waals surface area (Å²) in [6.45, 7) is 11.8. The normalized spacial score (nSPS) is 20.9. The van der Waals surface area contributed by atoms with Crippen molar-refractivity contribution in [3.63, 3.8) is 0 Å². The van der Waals surface area contributed by atoms with Gasteiger partial charge in [0.05, 0.1) is 17.6 Å². The predicted octanol–water partition coefficient (Wildman–Crippen LogP) is 4.96. The van der Waals surface area contributed by atoms with Crippen molar-refractivity contribution in [2.24, 2.45) is 34.3 Å². The Labute approximate surface area is 254 Å². The SMILES string of the molecule is CC(C)(C)CC(=O)C[C@H](C(=O)N1C[C@H](Oc2ccc(Cl)cn2)C[C@H]1C(=O)CC(CC1CCC1)C(=O)C(N)=O)C(C)(C)C. The van der Waals surface area contributed by atoms with E-state index < -0.39 is 41.1 Å². The third-order valence-electron chi connectivity index (χ3n) is 8.31. The number of halogens is 1. The molecule has 2 heterocycles. The average Bonchev–Trinajstić information content (AvgIpc) is 3.26. The highest BCUT2D eigenvalue weighted by molar-refractivity contribution is 6.36. The van der Waals surface area contributed by atoms with Crippen LogP contribution in [-0.4, -0.2) is 57.7 Å². The van der Waals surface area contributed by atoms with Gasteiger partial charge in [0.2, 0.25) is 17.6 Å². The Morgan fingerprint density at radius 3 is 2.24 bits per heavy atom. The largest absolute Gasteiger partial charge is 0.472 e. The molecule has 0 radical (unpaired) electrons. The number of carbonyl (C=O) groups is 5. The zero-order valence-electron chi connectivity index (χ0n) is 25.8. The van der Waals surface area contributed by atoms with Crippen molar-refractivity contribution < 1.29 is 28.7 Å². The van der Waals surface area contributed by atoms with E-state index in [1.807, 2.05) is 41.5 Å². The third kappa shape index (κ3) is 9.35. The second-order valence-corrected chi connectivity index (χ2v) is 14.8. The maximum absolute atomic E-state index is 14.2. The molecule has 1 aliphatic carbocycles. The van der Waals surface area contributed by atoms with E-state index in [2.05, 4.69) is 4.98 Å². The van der Waals surface area contributed by atoms with Gasteiger partial charge in [0.15, 0.2) is 5.78 Å². The highest BCUT2D eigenvalue weighted by atomic mass is 35.5. The van der Waals surface area contributed by atoms with Gasteiger partial charge in [0.1, 0.15) is 11.9 Å². The van der Waals surface area contributed by atoms with E-state index in [4.69, 9.17) is 22.1 Å². The van der Waals surface area contributed by atoms with Crippen molar-refractivity contribution >= 4 is 40.8 Å². The third-order valence-corrected chi connectivity index (χ3v) is 8.54. The number of nitrogens with two attached hydrogens (primary N) is 1. The molecule has 2 fully saturated rings. The Hall–Kier alpha value is -2.81. The number of primary amides is 1. The maximum atomic E-state index is 14.2. The minimum absolute atomic E-state index is 0.0105. The lowest BCUT2D eigenvalue weighted by molar-refractivity contribution is -0.147. The van der Waals surface area contributed by atoms with Crippen LogP contribution >= 0.6 is 11.6 Å². The molecule has 1 aromatic heterocycles. The Morgan fingerprint density at radius 1 is 1.07 bits per heavy atom. The number of hydrogen-bond donors (Lipinski definition) is 1. The summed E-state index contributed by atoms with van der Waals surface area (Å²) in [6, 6.07) is 2.39. The molecule has 10 heteroatoms. The fraction of sp³-hybridized carbons (Fsp3) is 0.688. The smallest absolute Gasteiger partial charge is 0.285 e. The summed E-state index contributed by atoms with van der Waals surface area (Å²) in [5, 5.41) is 0.447. The molecule has 3 rings (SSSR count). The number of nitrogens with zero attached hydrogens (tertiary/aromatic N) is 2. The number of hydrogen-bond acceptors (Lipinski definition) is 7. The summed E-state index contributed by atoms with van der Waals surface area (Å²) in [7, 11) is 0. The van der Waals surface area contributed by atoms with Gasteiger partial charge in [0, 0.05) is 49.8 Å². The Kier molecular flexibility index (Phi) is 11.0. The maximum Gasteiger partial charge on any atom is 0.285 e. The van der Waals surface area contributed by atoms with Gasteiger partial charge in [-0.1, -0.05) is 72.4 Å². The molecule has 232 valence electrons. The van der Waals surface area contributed by atoms with Crippen LogP contribution in [0.3, 0.4) is 0 Å². The van der Waals surface area contributed by atoms with E-state index in [-0.39, 0.29) is 54.6 Å². The van der Waals surface area contributed by atoms with Gasteiger partial charge in [-0.25, -0.2) is 4.98 Å². The number of pyridine rings is 1. The molecule has 1 aromatic rings. The van der Waals surface area contributed by atoms with Crippen LogP contribution in [0.2, 0.25) is 5.02 Å². The molecule has 2 aliphatic rings. The Morgan fingerprint density at radius 2 is 1.74 bits per heavy atom. The van der Waals surface area contributed by atoms with Crippen LogP contribution in [0.25, 0.3) is 0 Å². The first-order valence-corrected chi connectivity index (χ1v) is 15.3. The lowest BCUT2D eigenvalue weighted by Crippen LogP contribution is -2.48. The summed E-state index contributed by atoms with van der Waals surface area (Å²) in [5.41, 5.74) is 4.57. The zero-order chi connectivity index (χ0) is 31.4. The summed E-state index contributed by atoms with van der Waals surface area (Å²) in [5.74, 6) is -3.31. The number of amides is 2. The molecule has 9 nitrogen and oxygen atoms in total. The first-order chi connectivity index (χ1) is 19.4. The van der Waals surface area contributed by atoms with E-state index in [0.29, 0.717) is 23.7 Å². The van der Waals surface area contributed by atoms with Crippen LogP contribution in [0.5, 0.6) is 5.88 Å². The number of likely N-dealkylation sites (tertiary alicyclic amines) is 1. The fourth-order valence-electron chi connectivity index (χ4n) is 5.88. The number of carbonyl (C=O) groups excluding carboxylic acids is 5. The van der Waals surface area contributed by atoms with E-state index in [0.717, 1.165) is 19.3 Å². The van der Waals surface area contributed by atoms with Crippen molar-refractivity contribution in [3.8, 4) is 5.88 Å². The average molecular weight is 604 g/mol. The summed E-state index contributed by atoms with van der Waals surface area (Å²) in [4.78, 5) is 71.3. The lowest BCUT2D eigenvalue weighted by Gasteiger charge is -2.35. The first-order valence-electron chi connectivity index (χ1n) is 14.9. The molecule has 42 heavy (non-hydrogen) atoms. The predicted molar refractivity (Wildman–Crippen MR) is 160 cm³/mol. The molecule has 1 saturated heterocycles. The number of rotatable bonds is 13. The second-order valence-electron chi connectivity index (χ2n) is 14.3. The van der Waals surface area contributed by atoms with Gasteiger partial charge in [-0.3, -0.25) is 24.0 Å². The quantitative estimate of drug-likeness (QED) is 0.315. The van der Waals surface area contributed by atoms with Crippen molar-refractivity contribution in [2.75, 3.05) is 6.54 Å². The van der Waals surface area contributed by atoms with Gasteiger partial charge in [-0.2, -0.15) is 0 Å². The van der Waals surface area contributed by atoms with E-state index in [1.165, 1.54) is 11.1 Å². The highest BCUT2D eigenvalue weighted by Gasteiger charge is 2.46. The van der Waals surface area contributed by atoms with E-state index >= 15 is 0 Å². The van der Waals surface area contributed by atoms with Gasteiger partial charge < -0.3 is 15.4 Å². The summed E-state index contributed by atoms with van der Waals surface area (Å²) < 4.78 is 6.06. The molecule has 4 atom stereocenters. The van der Waals surface area contributed by atoms with E-state index in [1.54, 1.807) is 12.1 Å². The molecule has 0 aromatic carbocycles. The van der Waals surface area contributed by atoms with Gasteiger partial charge in [-0.05, 0) is 29.2 Å². The number of Topliss-reactive ketones (excluding diaryl/α,β-unsaturated/α-hetero) is 3. The molecule has 1 saturated carbocycles. The number of aromatic nitrogens is 1. The monoisotopic (exact) mass is 603 g/mol. The topological polar surface area (TPSA) is 137 Å². The Bertz CT molecular complexity index is 1170.